The first kappa shape index (κ1) is 18.4. The van der Waals surface area contributed by atoms with E-state index in [1.54, 1.807) is 18.2 Å². The lowest BCUT2D eigenvalue weighted by atomic mass is 10.2. The van der Waals surface area contributed by atoms with E-state index in [1.165, 1.54) is 6.07 Å². The summed E-state index contributed by atoms with van der Waals surface area (Å²) < 4.78 is 19.2. The number of likely N-dealkylation sites (tertiary alicyclic amines) is 1. The molecule has 1 aliphatic rings. The van der Waals surface area contributed by atoms with Gasteiger partial charge in [0.05, 0.1) is 0 Å². The molecule has 0 bridgehead atoms. The molecule has 0 saturated carbocycles. The number of carbonyl (C=O) groups is 1. The molecule has 0 aromatic heterocycles. The quantitative estimate of drug-likeness (QED) is 0.825. The summed E-state index contributed by atoms with van der Waals surface area (Å²) in [7, 11) is 0. The van der Waals surface area contributed by atoms with Gasteiger partial charge in [0.25, 0.3) is 0 Å². The minimum Gasteiger partial charge on any atom is -0.489 e. The predicted octanol–water partition coefficient (Wildman–Crippen LogP) is 3.51. The zero-order valence-electron chi connectivity index (χ0n) is 15.1. The first-order valence-corrected chi connectivity index (χ1v) is 9.12. The predicted molar refractivity (Wildman–Crippen MR) is 99.3 cm³/mol. The highest BCUT2D eigenvalue weighted by Crippen LogP contribution is 2.16. The molecule has 1 unspecified atom stereocenters. The van der Waals surface area contributed by atoms with Crippen molar-refractivity contribution < 1.29 is 13.9 Å². The highest BCUT2D eigenvalue weighted by atomic mass is 19.1. The van der Waals surface area contributed by atoms with Gasteiger partial charge in [-0.2, -0.15) is 0 Å². The normalized spacial score (nSPS) is 16.7. The number of nitrogens with one attached hydrogen (secondary N) is 1. The van der Waals surface area contributed by atoms with Gasteiger partial charge in [-0.15, -0.1) is 0 Å². The first-order valence-electron chi connectivity index (χ1n) is 9.12. The molecule has 4 nitrogen and oxygen atoms in total. The maximum atomic E-state index is 13.6. The molecule has 3 rings (SSSR count). The fraction of sp³-hybridized carbons (Fsp3) is 0.381. The van der Waals surface area contributed by atoms with E-state index in [1.807, 2.05) is 36.1 Å². The van der Waals surface area contributed by atoms with Gasteiger partial charge < -0.3 is 15.0 Å². The van der Waals surface area contributed by atoms with Crippen LogP contribution in [0.1, 0.15) is 30.9 Å². The van der Waals surface area contributed by atoms with Crippen LogP contribution in [-0.4, -0.2) is 29.9 Å². The van der Waals surface area contributed by atoms with Crippen LogP contribution in [0.5, 0.6) is 5.75 Å². The van der Waals surface area contributed by atoms with Crippen molar-refractivity contribution in [2.24, 2.45) is 0 Å². The van der Waals surface area contributed by atoms with Crippen molar-refractivity contribution in [3.63, 3.8) is 0 Å². The molecule has 1 saturated heterocycles. The Balaban J connectivity index is 1.45. The lowest BCUT2D eigenvalue weighted by Gasteiger charge is -2.16. The van der Waals surface area contributed by atoms with Crippen molar-refractivity contribution in [2.45, 2.75) is 39.0 Å². The van der Waals surface area contributed by atoms with Crippen molar-refractivity contribution >= 4 is 5.91 Å². The molecule has 138 valence electrons. The van der Waals surface area contributed by atoms with Gasteiger partial charge in [0.2, 0.25) is 5.91 Å². The second-order valence-electron chi connectivity index (χ2n) is 6.58. The molecule has 1 heterocycles. The van der Waals surface area contributed by atoms with Crippen LogP contribution in [0.25, 0.3) is 0 Å². The molecule has 0 aliphatic carbocycles. The minimum atomic E-state index is -0.250. The van der Waals surface area contributed by atoms with Gasteiger partial charge in [-0.3, -0.25) is 4.79 Å². The summed E-state index contributed by atoms with van der Waals surface area (Å²) in [5.41, 5.74) is 1.70. The number of ether oxygens (including phenoxy) is 1. The topological polar surface area (TPSA) is 41.6 Å². The fourth-order valence-electron chi connectivity index (χ4n) is 3.12. The van der Waals surface area contributed by atoms with Gasteiger partial charge in [-0.05, 0) is 30.2 Å². The smallest absolute Gasteiger partial charge is 0.222 e. The van der Waals surface area contributed by atoms with Crippen molar-refractivity contribution in [3.05, 3.63) is 65.5 Å². The number of hydrogen-bond donors (Lipinski definition) is 1. The number of carbonyl (C=O) groups excluding carboxylic acids is 1. The number of halogens is 1. The highest BCUT2D eigenvalue weighted by Gasteiger charge is 2.24. The average Bonchev–Trinajstić information content (AvgIpc) is 3.15. The molecule has 0 spiro atoms. The van der Waals surface area contributed by atoms with Crippen molar-refractivity contribution in [1.29, 1.82) is 0 Å². The Morgan fingerprint density at radius 2 is 2.00 bits per heavy atom. The summed E-state index contributed by atoms with van der Waals surface area (Å²) in [4.78, 5) is 13.6. The monoisotopic (exact) mass is 356 g/mol. The van der Waals surface area contributed by atoms with Gasteiger partial charge in [-0.25, -0.2) is 4.39 Å². The van der Waals surface area contributed by atoms with Crippen LogP contribution in [-0.2, 0) is 17.9 Å². The second kappa shape index (κ2) is 8.81. The van der Waals surface area contributed by atoms with E-state index >= 15 is 0 Å². The molecule has 1 aliphatic heterocycles. The zero-order chi connectivity index (χ0) is 18.4. The van der Waals surface area contributed by atoms with Crippen LogP contribution in [0.2, 0.25) is 0 Å². The van der Waals surface area contributed by atoms with Crippen LogP contribution < -0.4 is 10.1 Å². The van der Waals surface area contributed by atoms with Crippen LogP contribution in [0, 0.1) is 5.82 Å². The average molecular weight is 356 g/mol. The van der Waals surface area contributed by atoms with E-state index in [2.05, 4.69) is 5.32 Å². The standard InChI is InChI=1S/C21H25FN2O2/c1-2-21(25)24-12-11-18(14-24)23-13-16-7-9-19(10-8-16)26-15-17-5-3-4-6-20(17)22/h3-10,18,23H,2,11-15H2,1H3. The number of hydrogen-bond acceptors (Lipinski definition) is 3. The Hall–Kier alpha value is -2.40. The Labute approximate surface area is 154 Å². The summed E-state index contributed by atoms with van der Waals surface area (Å²) in [6.45, 7) is 4.50. The maximum Gasteiger partial charge on any atom is 0.222 e. The van der Waals surface area contributed by atoms with Gasteiger partial charge >= 0.3 is 0 Å². The van der Waals surface area contributed by atoms with E-state index in [0.29, 0.717) is 18.0 Å². The van der Waals surface area contributed by atoms with Gasteiger partial charge in [0, 0.05) is 37.7 Å². The van der Waals surface area contributed by atoms with Crippen molar-refractivity contribution in [2.75, 3.05) is 13.1 Å². The molecule has 2 aromatic rings. The number of rotatable bonds is 7. The molecule has 1 amide bonds. The summed E-state index contributed by atoms with van der Waals surface area (Å²) >= 11 is 0. The largest absolute Gasteiger partial charge is 0.489 e. The number of benzene rings is 2. The van der Waals surface area contributed by atoms with E-state index in [4.69, 9.17) is 4.74 Å². The molecular formula is C21H25FN2O2. The lowest BCUT2D eigenvalue weighted by molar-refractivity contribution is -0.129. The lowest BCUT2D eigenvalue weighted by Crippen LogP contribution is -2.34. The summed E-state index contributed by atoms with van der Waals surface area (Å²) in [5.74, 6) is 0.698. The van der Waals surface area contributed by atoms with E-state index < -0.39 is 0 Å². The highest BCUT2D eigenvalue weighted by molar-refractivity contribution is 5.76. The molecule has 5 heteroatoms. The molecule has 26 heavy (non-hydrogen) atoms. The first-order chi connectivity index (χ1) is 12.7. The van der Waals surface area contributed by atoms with Crippen molar-refractivity contribution in [1.82, 2.24) is 10.2 Å². The SMILES string of the molecule is CCC(=O)N1CCC(NCc2ccc(OCc3ccccc3F)cc2)C1. The summed E-state index contributed by atoms with van der Waals surface area (Å²) in [6, 6.07) is 14.8. The third-order valence-electron chi connectivity index (χ3n) is 4.71. The number of nitrogens with zero attached hydrogens (tertiary/aromatic N) is 1. The molecular weight excluding hydrogens is 331 g/mol. The van der Waals surface area contributed by atoms with Crippen LogP contribution in [0.15, 0.2) is 48.5 Å². The Bertz CT molecular complexity index is 733. The Kier molecular flexibility index (Phi) is 6.23. The van der Waals surface area contributed by atoms with Crippen LogP contribution in [0.3, 0.4) is 0 Å². The van der Waals surface area contributed by atoms with E-state index in [-0.39, 0.29) is 18.3 Å². The molecule has 1 fully saturated rings. The summed E-state index contributed by atoms with van der Waals surface area (Å²) in [6.07, 6.45) is 1.57. The Morgan fingerprint density at radius 3 is 2.73 bits per heavy atom. The van der Waals surface area contributed by atoms with Gasteiger partial charge in [-0.1, -0.05) is 37.3 Å². The van der Waals surface area contributed by atoms with Crippen LogP contribution in [0.4, 0.5) is 4.39 Å². The van der Waals surface area contributed by atoms with E-state index in [9.17, 15) is 9.18 Å². The summed E-state index contributed by atoms with van der Waals surface area (Å²) in [5, 5.41) is 3.51. The third kappa shape index (κ3) is 4.82. The molecule has 1 N–H and O–H groups in total. The minimum absolute atomic E-state index is 0.216. The molecule has 2 aromatic carbocycles. The number of amides is 1. The molecule has 0 radical (unpaired) electrons. The fourth-order valence-corrected chi connectivity index (χ4v) is 3.12. The maximum absolute atomic E-state index is 13.6. The zero-order valence-corrected chi connectivity index (χ0v) is 15.1. The van der Waals surface area contributed by atoms with E-state index in [0.717, 1.165) is 37.4 Å². The van der Waals surface area contributed by atoms with Crippen LogP contribution >= 0.6 is 0 Å². The second-order valence-corrected chi connectivity index (χ2v) is 6.58. The Morgan fingerprint density at radius 1 is 1.23 bits per heavy atom. The molecule has 1 atom stereocenters. The van der Waals surface area contributed by atoms with Gasteiger partial charge in [0.15, 0.2) is 0 Å². The van der Waals surface area contributed by atoms with Gasteiger partial charge in [0.1, 0.15) is 18.2 Å². The van der Waals surface area contributed by atoms with Crippen molar-refractivity contribution in [3.8, 4) is 5.75 Å². The third-order valence-corrected chi connectivity index (χ3v) is 4.71.